The largest absolute Gasteiger partial charge is 0.461 e. The third-order valence-electron chi connectivity index (χ3n) is 4.32. The van der Waals surface area contributed by atoms with Gasteiger partial charge >= 0.3 is 0 Å². The normalized spacial score (nSPS) is 13.3. The Morgan fingerprint density at radius 2 is 2.00 bits per heavy atom. The molecule has 0 bridgehead atoms. The summed E-state index contributed by atoms with van der Waals surface area (Å²) in [6.07, 6.45) is 3.50. The highest BCUT2D eigenvalue weighted by molar-refractivity contribution is 8.00. The second kappa shape index (κ2) is 8.90. The van der Waals surface area contributed by atoms with E-state index in [1.54, 1.807) is 6.26 Å². The molecule has 0 radical (unpaired) electrons. The molecule has 0 aliphatic heterocycles. The molecule has 0 spiro atoms. The van der Waals surface area contributed by atoms with Crippen molar-refractivity contribution in [2.24, 2.45) is 7.05 Å². The Morgan fingerprint density at radius 1 is 1.22 bits per heavy atom. The standard InChI is InChI=1S/C20H24N4O2S/c1-4-9-16(15-10-6-5-7-11-15)21-19(25)14(2)27-20-23-22-18(24(20)3)17-12-8-13-26-17/h5-8,10-14,16H,4,9H2,1-3H3,(H,21,25)/t14-,16+/m1/s1. The Kier molecular flexibility index (Phi) is 6.34. The molecule has 1 amide bonds. The highest BCUT2D eigenvalue weighted by atomic mass is 32.2. The predicted octanol–water partition coefficient (Wildman–Crippen LogP) is 4.21. The molecule has 2 atom stereocenters. The molecule has 0 unspecified atom stereocenters. The summed E-state index contributed by atoms with van der Waals surface area (Å²) in [5.74, 6) is 1.29. The van der Waals surface area contributed by atoms with Gasteiger partial charge < -0.3 is 14.3 Å². The van der Waals surface area contributed by atoms with Gasteiger partial charge in [0, 0.05) is 7.05 Å². The molecule has 7 heteroatoms. The summed E-state index contributed by atoms with van der Waals surface area (Å²) in [4.78, 5) is 12.7. The SMILES string of the molecule is CCC[C@H](NC(=O)[C@@H](C)Sc1nnc(-c2ccco2)n1C)c1ccccc1. The molecule has 1 N–H and O–H groups in total. The molecule has 3 aromatic rings. The summed E-state index contributed by atoms with van der Waals surface area (Å²) < 4.78 is 7.22. The Labute approximate surface area is 163 Å². The summed E-state index contributed by atoms with van der Waals surface area (Å²) in [6.45, 7) is 4.01. The van der Waals surface area contributed by atoms with E-state index in [0.29, 0.717) is 16.7 Å². The number of carbonyl (C=O) groups is 1. The second-order valence-electron chi connectivity index (χ2n) is 6.36. The number of hydrogen-bond acceptors (Lipinski definition) is 5. The van der Waals surface area contributed by atoms with Crippen molar-refractivity contribution in [3.63, 3.8) is 0 Å². The first-order valence-electron chi connectivity index (χ1n) is 9.05. The van der Waals surface area contributed by atoms with Gasteiger partial charge in [-0.1, -0.05) is 55.4 Å². The van der Waals surface area contributed by atoms with Gasteiger partial charge in [0.15, 0.2) is 16.7 Å². The van der Waals surface area contributed by atoms with Crippen LogP contribution in [-0.4, -0.2) is 25.9 Å². The van der Waals surface area contributed by atoms with Crippen molar-refractivity contribution < 1.29 is 9.21 Å². The van der Waals surface area contributed by atoms with E-state index < -0.39 is 0 Å². The Balaban J connectivity index is 1.67. The fourth-order valence-electron chi connectivity index (χ4n) is 2.83. The molecule has 142 valence electrons. The van der Waals surface area contributed by atoms with Gasteiger partial charge in [0.1, 0.15) is 0 Å². The zero-order valence-electron chi connectivity index (χ0n) is 15.8. The zero-order valence-corrected chi connectivity index (χ0v) is 16.6. The van der Waals surface area contributed by atoms with E-state index in [9.17, 15) is 4.79 Å². The first-order valence-corrected chi connectivity index (χ1v) is 9.93. The molecule has 6 nitrogen and oxygen atoms in total. The van der Waals surface area contributed by atoms with Gasteiger partial charge in [-0.2, -0.15) is 0 Å². The monoisotopic (exact) mass is 384 g/mol. The number of benzene rings is 1. The summed E-state index contributed by atoms with van der Waals surface area (Å²) in [6, 6.07) is 13.7. The molecule has 0 saturated heterocycles. The van der Waals surface area contributed by atoms with Crippen molar-refractivity contribution in [3.05, 3.63) is 54.3 Å². The number of hydrogen-bond donors (Lipinski definition) is 1. The Bertz CT molecular complexity index is 862. The number of amides is 1. The van der Waals surface area contributed by atoms with Gasteiger partial charge in [0.05, 0.1) is 17.6 Å². The van der Waals surface area contributed by atoms with Crippen LogP contribution in [0.3, 0.4) is 0 Å². The van der Waals surface area contributed by atoms with Crippen molar-refractivity contribution in [3.8, 4) is 11.6 Å². The van der Waals surface area contributed by atoms with E-state index in [2.05, 4.69) is 34.6 Å². The van der Waals surface area contributed by atoms with Gasteiger partial charge in [-0.25, -0.2) is 0 Å². The lowest BCUT2D eigenvalue weighted by atomic mass is 10.0. The second-order valence-corrected chi connectivity index (χ2v) is 7.67. The summed E-state index contributed by atoms with van der Waals surface area (Å²) >= 11 is 1.39. The molecule has 1 aromatic carbocycles. The molecular weight excluding hydrogens is 360 g/mol. The first kappa shape index (κ1) is 19.2. The number of aromatic nitrogens is 3. The molecule has 0 fully saturated rings. The van der Waals surface area contributed by atoms with Gasteiger partial charge in [-0.05, 0) is 31.0 Å². The van der Waals surface area contributed by atoms with E-state index >= 15 is 0 Å². The van der Waals surface area contributed by atoms with Crippen LogP contribution in [0.5, 0.6) is 0 Å². The fourth-order valence-corrected chi connectivity index (χ4v) is 3.66. The molecule has 0 aliphatic carbocycles. The number of furan rings is 1. The van der Waals surface area contributed by atoms with E-state index in [0.717, 1.165) is 18.4 Å². The van der Waals surface area contributed by atoms with Gasteiger partial charge in [0.2, 0.25) is 5.91 Å². The minimum atomic E-state index is -0.291. The van der Waals surface area contributed by atoms with Crippen LogP contribution in [0.2, 0.25) is 0 Å². The molecule has 0 saturated carbocycles. The van der Waals surface area contributed by atoms with Crippen molar-refractivity contribution in [2.75, 3.05) is 0 Å². The van der Waals surface area contributed by atoms with Crippen LogP contribution in [0.15, 0.2) is 58.3 Å². The fraction of sp³-hybridized carbons (Fsp3) is 0.350. The van der Waals surface area contributed by atoms with E-state index in [-0.39, 0.29) is 17.2 Å². The summed E-state index contributed by atoms with van der Waals surface area (Å²) in [5, 5.41) is 11.9. The third-order valence-corrected chi connectivity index (χ3v) is 5.46. The minimum Gasteiger partial charge on any atom is -0.461 e. The first-order chi connectivity index (χ1) is 13.1. The minimum absolute atomic E-state index is 0.00940. The van der Waals surface area contributed by atoms with Crippen molar-refractivity contribution in [2.45, 2.75) is 43.1 Å². The van der Waals surface area contributed by atoms with Crippen molar-refractivity contribution >= 4 is 17.7 Å². The number of carbonyl (C=O) groups excluding carboxylic acids is 1. The van der Waals surface area contributed by atoms with Crippen LogP contribution in [0, 0.1) is 0 Å². The Morgan fingerprint density at radius 3 is 2.67 bits per heavy atom. The highest BCUT2D eigenvalue weighted by Crippen LogP contribution is 2.27. The lowest BCUT2D eigenvalue weighted by Crippen LogP contribution is -2.34. The van der Waals surface area contributed by atoms with Crippen molar-refractivity contribution in [1.29, 1.82) is 0 Å². The van der Waals surface area contributed by atoms with Crippen LogP contribution in [0.1, 0.15) is 38.3 Å². The van der Waals surface area contributed by atoms with Crippen LogP contribution in [0.25, 0.3) is 11.6 Å². The Hall–Kier alpha value is -2.54. The van der Waals surface area contributed by atoms with Gasteiger partial charge in [-0.15, -0.1) is 10.2 Å². The molecule has 2 heterocycles. The molecule has 3 rings (SSSR count). The topological polar surface area (TPSA) is 73.0 Å². The van der Waals surface area contributed by atoms with Crippen LogP contribution in [0.4, 0.5) is 0 Å². The summed E-state index contributed by atoms with van der Waals surface area (Å²) in [7, 11) is 1.87. The van der Waals surface area contributed by atoms with Crippen LogP contribution >= 0.6 is 11.8 Å². The number of rotatable bonds is 8. The van der Waals surface area contributed by atoms with E-state index in [1.165, 1.54) is 11.8 Å². The smallest absolute Gasteiger partial charge is 0.233 e. The third kappa shape index (κ3) is 4.60. The van der Waals surface area contributed by atoms with Gasteiger partial charge in [-0.3, -0.25) is 4.79 Å². The lowest BCUT2D eigenvalue weighted by Gasteiger charge is -2.21. The number of thioether (sulfide) groups is 1. The van der Waals surface area contributed by atoms with E-state index in [4.69, 9.17) is 4.42 Å². The maximum Gasteiger partial charge on any atom is 0.233 e. The average molecular weight is 385 g/mol. The van der Waals surface area contributed by atoms with Crippen molar-refractivity contribution in [1.82, 2.24) is 20.1 Å². The predicted molar refractivity (Wildman–Crippen MR) is 106 cm³/mol. The van der Waals surface area contributed by atoms with Gasteiger partial charge in [0.25, 0.3) is 0 Å². The quantitative estimate of drug-likeness (QED) is 0.589. The maximum absolute atomic E-state index is 12.7. The van der Waals surface area contributed by atoms with Crippen LogP contribution < -0.4 is 5.32 Å². The average Bonchev–Trinajstić information content (AvgIpc) is 3.32. The molecule has 0 aliphatic rings. The maximum atomic E-state index is 12.7. The summed E-state index contributed by atoms with van der Waals surface area (Å²) in [5.41, 5.74) is 1.13. The number of nitrogens with one attached hydrogen (secondary N) is 1. The zero-order chi connectivity index (χ0) is 19.2. The lowest BCUT2D eigenvalue weighted by molar-refractivity contribution is -0.121. The van der Waals surface area contributed by atoms with Crippen LogP contribution in [-0.2, 0) is 11.8 Å². The molecular formula is C20H24N4O2S. The van der Waals surface area contributed by atoms with E-state index in [1.807, 2.05) is 48.9 Å². The molecule has 27 heavy (non-hydrogen) atoms. The molecule has 2 aromatic heterocycles. The number of nitrogens with zero attached hydrogens (tertiary/aromatic N) is 3. The highest BCUT2D eigenvalue weighted by Gasteiger charge is 2.22.